The number of hydrogen-bond acceptors (Lipinski definition) is 6. The molecule has 1 amide bonds. The molecule has 214 valence electrons. The molecular formula is C30H41N7O3. The number of aryl methyl sites for hydroxylation is 1. The number of hydrazine groups is 1. The van der Waals surface area contributed by atoms with Crippen LogP contribution in [0.15, 0.2) is 54.9 Å². The van der Waals surface area contributed by atoms with Gasteiger partial charge >= 0.3 is 5.97 Å². The number of hydrogen-bond donors (Lipinski definition) is 5. The Kier molecular flexibility index (Phi) is 10.6. The summed E-state index contributed by atoms with van der Waals surface area (Å²) in [5.41, 5.74) is 9.91. The largest absolute Gasteiger partial charge is 0.479 e. The molecule has 0 spiro atoms. The van der Waals surface area contributed by atoms with Crippen molar-refractivity contribution in [3.05, 3.63) is 66.0 Å². The van der Waals surface area contributed by atoms with E-state index >= 15 is 0 Å². The van der Waals surface area contributed by atoms with Crippen molar-refractivity contribution in [1.82, 2.24) is 14.7 Å². The molecule has 0 radical (unpaired) electrons. The van der Waals surface area contributed by atoms with Crippen LogP contribution in [0.1, 0.15) is 69.4 Å². The molecule has 4 rings (SSSR count). The first-order valence-electron chi connectivity index (χ1n) is 13.7. The number of aliphatic carboxylic acids is 1. The highest BCUT2D eigenvalue weighted by molar-refractivity contribution is 6.02. The van der Waals surface area contributed by atoms with E-state index in [0.29, 0.717) is 24.8 Å². The predicted octanol–water partition coefficient (Wildman–Crippen LogP) is 4.16. The summed E-state index contributed by atoms with van der Waals surface area (Å²) in [5.74, 6) is 6.98. The van der Waals surface area contributed by atoms with Gasteiger partial charge in [-0.2, -0.15) is 5.10 Å². The van der Waals surface area contributed by atoms with E-state index in [2.05, 4.69) is 16.8 Å². The molecule has 1 aromatic heterocycles. The third-order valence-electron chi connectivity index (χ3n) is 7.59. The third-order valence-corrected chi connectivity index (χ3v) is 7.59. The second-order valence-electron chi connectivity index (χ2n) is 10.3. The van der Waals surface area contributed by atoms with Crippen molar-refractivity contribution in [1.29, 1.82) is 5.41 Å². The Balaban J connectivity index is 0.00000216. The molecular weight excluding hydrogens is 506 g/mol. The average molecular weight is 548 g/mol. The molecule has 2 aromatic carbocycles. The van der Waals surface area contributed by atoms with Gasteiger partial charge in [-0.3, -0.25) is 26.6 Å². The van der Waals surface area contributed by atoms with E-state index < -0.39 is 11.5 Å². The Bertz CT molecular complexity index is 1310. The first kappa shape index (κ1) is 30.5. The fourth-order valence-corrected chi connectivity index (χ4v) is 5.42. The molecule has 1 aliphatic carbocycles. The van der Waals surface area contributed by atoms with E-state index in [1.807, 2.05) is 62.6 Å². The van der Waals surface area contributed by atoms with Crippen molar-refractivity contribution >= 4 is 17.7 Å². The summed E-state index contributed by atoms with van der Waals surface area (Å²) in [6, 6.07) is 13.6. The van der Waals surface area contributed by atoms with Crippen LogP contribution < -0.4 is 17.4 Å². The minimum atomic E-state index is -1.15. The molecule has 3 aromatic rings. The Morgan fingerprint density at radius 1 is 1.05 bits per heavy atom. The zero-order chi connectivity index (χ0) is 29.3. The van der Waals surface area contributed by atoms with Crippen LogP contribution in [-0.2, 0) is 23.2 Å². The van der Waals surface area contributed by atoms with Gasteiger partial charge in [-0.1, -0.05) is 69.0 Å². The molecule has 10 heteroatoms. The molecule has 1 fully saturated rings. The van der Waals surface area contributed by atoms with E-state index in [0.717, 1.165) is 59.9 Å². The zero-order valence-electron chi connectivity index (χ0n) is 23.4. The van der Waals surface area contributed by atoms with Crippen molar-refractivity contribution < 1.29 is 14.7 Å². The number of nitrogens with one attached hydrogen (secondary N) is 1. The molecule has 10 nitrogen and oxygen atoms in total. The van der Waals surface area contributed by atoms with Gasteiger partial charge in [-0.05, 0) is 47.6 Å². The molecule has 40 heavy (non-hydrogen) atoms. The molecule has 0 atom stereocenters. The number of benzene rings is 2. The molecule has 1 saturated carbocycles. The normalized spacial score (nSPS) is 14.1. The van der Waals surface area contributed by atoms with Crippen molar-refractivity contribution in [2.24, 2.45) is 24.5 Å². The zero-order valence-corrected chi connectivity index (χ0v) is 23.4. The number of carboxylic acids is 1. The molecule has 1 heterocycles. The average Bonchev–Trinajstić information content (AvgIpc) is 3.42. The van der Waals surface area contributed by atoms with Crippen LogP contribution in [0.25, 0.3) is 22.3 Å². The number of carbonyl (C=O) groups is 2. The number of amides is 1. The van der Waals surface area contributed by atoms with E-state index in [4.69, 9.17) is 11.1 Å². The van der Waals surface area contributed by atoms with Crippen LogP contribution in [0.5, 0.6) is 0 Å². The number of nitrogens with zero attached hydrogens (tertiary/aromatic N) is 3. The van der Waals surface area contributed by atoms with Crippen LogP contribution in [0, 0.1) is 5.41 Å². The number of nitrogens with two attached hydrogens (primary N) is 3. The van der Waals surface area contributed by atoms with Gasteiger partial charge in [-0.25, -0.2) is 4.79 Å². The number of amidine groups is 1. The van der Waals surface area contributed by atoms with Gasteiger partial charge in [0.2, 0.25) is 5.91 Å². The van der Waals surface area contributed by atoms with Gasteiger partial charge in [-0.15, -0.1) is 0 Å². The lowest BCUT2D eigenvalue weighted by Crippen LogP contribution is -2.57. The summed E-state index contributed by atoms with van der Waals surface area (Å²) in [7, 11) is 1.87. The van der Waals surface area contributed by atoms with Gasteiger partial charge in [0.25, 0.3) is 0 Å². The number of unbranched alkanes of at least 4 members (excludes halogenated alkanes) is 1. The second kappa shape index (κ2) is 13.9. The van der Waals surface area contributed by atoms with Crippen molar-refractivity contribution in [3.63, 3.8) is 0 Å². The maximum absolute atomic E-state index is 13.3. The quantitative estimate of drug-likeness (QED) is 0.109. The van der Waals surface area contributed by atoms with E-state index in [9.17, 15) is 14.7 Å². The standard InChI is InChI=1S/C30H37N5O3.H4N2/c1-3-4-8-27(36)35(30(29(37)38)15-6-5-7-16-30)19-21-9-11-22(12-10-21)26-17-23(13-14-25(26)28(31)32)24-18-33-34(2)20-24;1-2/h9-14,17-18,20H,3-8,15-16,19H2,1-2H3,(H3,31,32)(H,37,38);1-2H2. The Morgan fingerprint density at radius 2 is 1.70 bits per heavy atom. The molecule has 0 unspecified atom stereocenters. The summed E-state index contributed by atoms with van der Waals surface area (Å²) in [5, 5.41) is 22.6. The van der Waals surface area contributed by atoms with Crippen LogP contribution in [0.4, 0.5) is 0 Å². The molecule has 8 N–H and O–H groups in total. The number of rotatable bonds is 10. The highest BCUT2D eigenvalue weighted by Gasteiger charge is 2.46. The minimum Gasteiger partial charge on any atom is -0.479 e. The first-order valence-corrected chi connectivity index (χ1v) is 13.7. The smallest absolute Gasteiger partial charge is 0.329 e. The topological polar surface area (TPSA) is 177 Å². The predicted molar refractivity (Wildman–Crippen MR) is 157 cm³/mol. The highest BCUT2D eigenvalue weighted by atomic mass is 16.4. The van der Waals surface area contributed by atoms with E-state index in [1.54, 1.807) is 15.8 Å². The van der Waals surface area contributed by atoms with Gasteiger partial charge in [0.15, 0.2) is 0 Å². The van der Waals surface area contributed by atoms with Gasteiger partial charge in [0.1, 0.15) is 11.4 Å². The third kappa shape index (κ3) is 6.75. The van der Waals surface area contributed by atoms with Gasteiger partial charge in [0.05, 0.1) is 6.20 Å². The van der Waals surface area contributed by atoms with Crippen molar-refractivity contribution in [2.45, 2.75) is 70.4 Å². The summed E-state index contributed by atoms with van der Waals surface area (Å²) >= 11 is 0. The fraction of sp³-hybridized carbons (Fsp3) is 0.400. The molecule has 1 aliphatic rings. The lowest BCUT2D eigenvalue weighted by Gasteiger charge is -2.43. The van der Waals surface area contributed by atoms with Crippen molar-refractivity contribution in [3.8, 4) is 22.3 Å². The Hall–Kier alpha value is -4.02. The maximum atomic E-state index is 13.3. The van der Waals surface area contributed by atoms with Crippen molar-refractivity contribution in [2.75, 3.05) is 0 Å². The SMILES string of the molecule is CCCCC(=O)N(Cc1ccc(-c2cc(-c3cnn(C)c3)ccc2C(=N)N)cc1)C1(C(=O)O)CCCCC1.NN. The molecule has 0 bridgehead atoms. The van der Waals surface area contributed by atoms with E-state index in [1.165, 1.54) is 0 Å². The minimum absolute atomic E-state index is 0.0183. The summed E-state index contributed by atoms with van der Waals surface area (Å²) < 4.78 is 1.74. The van der Waals surface area contributed by atoms with E-state index in [-0.39, 0.29) is 18.3 Å². The number of aromatic nitrogens is 2. The monoisotopic (exact) mass is 547 g/mol. The first-order chi connectivity index (χ1) is 19.2. The number of carbonyl (C=O) groups excluding carboxylic acids is 1. The number of carboxylic acid groups (broad SMARTS) is 1. The van der Waals surface area contributed by atoms with Crippen LogP contribution in [-0.4, -0.2) is 43.0 Å². The van der Waals surface area contributed by atoms with Gasteiger partial charge < -0.3 is 15.7 Å². The maximum Gasteiger partial charge on any atom is 0.329 e. The Morgan fingerprint density at radius 3 is 2.25 bits per heavy atom. The molecule has 0 aliphatic heterocycles. The summed E-state index contributed by atoms with van der Waals surface area (Å²) in [6.45, 7) is 2.28. The lowest BCUT2D eigenvalue weighted by atomic mass is 9.79. The van der Waals surface area contributed by atoms with Crippen LogP contribution in [0.3, 0.4) is 0 Å². The molecule has 0 saturated heterocycles. The summed E-state index contributed by atoms with van der Waals surface area (Å²) in [6.07, 6.45) is 9.29. The van der Waals surface area contributed by atoms with Gasteiger partial charge in [0, 0.05) is 37.3 Å². The second-order valence-corrected chi connectivity index (χ2v) is 10.3. The van der Waals surface area contributed by atoms with Crippen LogP contribution in [0.2, 0.25) is 0 Å². The number of nitrogen functional groups attached to an aromatic ring is 1. The fourth-order valence-electron chi connectivity index (χ4n) is 5.42. The lowest BCUT2D eigenvalue weighted by molar-refractivity contribution is -0.163. The van der Waals surface area contributed by atoms with Crippen LogP contribution >= 0.6 is 0 Å². The highest BCUT2D eigenvalue weighted by Crippen LogP contribution is 2.36. The summed E-state index contributed by atoms with van der Waals surface area (Å²) in [4.78, 5) is 27.5. The Labute approximate surface area is 235 Å².